The lowest BCUT2D eigenvalue weighted by Crippen LogP contribution is -2.06. The van der Waals surface area contributed by atoms with E-state index in [1.807, 2.05) is 0 Å². The lowest BCUT2D eigenvalue weighted by molar-refractivity contribution is 0.112. The molecule has 2 heterocycles. The third-order valence-electron chi connectivity index (χ3n) is 3.12. The molecule has 0 amide bonds. The minimum absolute atomic E-state index is 0.223. The van der Waals surface area contributed by atoms with Crippen LogP contribution in [0.4, 0.5) is 10.2 Å². The topological polar surface area (TPSA) is 74.1 Å². The van der Waals surface area contributed by atoms with Gasteiger partial charge in [-0.15, -0.1) is 0 Å². The van der Waals surface area contributed by atoms with Crippen LogP contribution in [-0.2, 0) is 6.54 Å². The van der Waals surface area contributed by atoms with E-state index < -0.39 is 0 Å². The monoisotopic (exact) mass is 285 g/mol. The van der Waals surface area contributed by atoms with Gasteiger partial charge in [-0.05, 0) is 29.8 Å². The molecule has 3 aromatic rings. The van der Waals surface area contributed by atoms with E-state index in [2.05, 4.69) is 5.10 Å². The maximum Gasteiger partial charge on any atom is 0.156 e. The van der Waals surface area contributed by atoms with Gasteiger partial charge in [0.1, 0.15) is 17.3 Å². The Hall–Kier alpha value is -2.89. The molecule has 0 atom stereocenters. The van der Waals surface area contributed by atoms with Gasteiger partial charge in [0.05, 0.1) is 18.4 Å². The van der Waals surface area contributed by atoms with Crippen LogP contribution in [0.2, 0.25) is 0 Å². The molecule has 0 spiro atoms. The number of benzene rings is 1. The number of nitrogens with zero attached hydrogens (tertiary/aromatic N) is 2. The maximum absolute atomic E-state index is 13.2. The van der Waals surface area contributed by atoms with Crippen LogP contribution < -0.4 is 5.73 Å². The molecule has 6 heteroatoms. The molecule has 0 aliphatic rings. The molecule has 0 bridgehead atoms. The van der Waals surface area contributed by atoms with Crippen molar-refractivity contribution in [2.75, 3.05) is 5.73 Å². The fourth-order valence-corrected chi connectivity index (χ4v) is 2.13. The van der Waals surface area contributed by atoms with Gasteiger partial charge in [0.25, 0.3) is 0 Å². The zero-order chi connectivity index (χ0) is 14.8. The standard InChI is InChI=1S/C15H12FN3O2/c16-11-4-1-3-10(7-11)8-19-15(17)12(9-20)14(18-19)13-5-2-6-21-13/h1-7,9H,8,17H2. The van der Waals surface area contributed by atoms with E-state index in [0.29, 0.717) is 23.3 Å². The molecule has 21 heavy (non-hydrogen) atoms. The molecule has 106 valence electrons. The molecule has 0 saturated carbocycles. The minimum atomic E-state index is -0.333. The smallest absolute Gasteiger partial charge is 0.156 e. The lowest BCUT2D eigenvalue weighted by atomic mass is 10.2. The quantitative estimate of drug-likeness (QED) is 0.748. The Labute approximate surface area is 119 Å². The molecule has 0 fully saturated rings. The predicted molar refractivity (Wildman–Crippen MR) is 75.2 cm³/mol. The van der Waals surface area contributed by atoms with Crippen molar-refractivity contribution in [1.29, 1.82) is 0 Å². The summed E-state index contributed by atoms with van der Waals surface area (Å²) >= 11 is 0. The largest absolute Gasteiger partial charge is 0.463 e. The fourth-order valence-electron chi connectivity index (χ4n) is 2.13. The summed E-state index contributed by atoms with van der Waals surface area (Å²) in [5, 5.41) is 4.29. The average Bonchev–Trinajstić information content (AvgIpc) is 3.08. The summed E-state index contributed by atoms with van der Waals surface area (Å²) < 4.78 is 19.9. The summed E-state index contributed by atoms with van der Waals surface area (Å²) in [6.07, 6.45) is 2.13. The number of rotatable bonds is 4. The van der Waals surface area contributed by atoms with Gasteiger partial charge in [-0.1, -0.05) is 12.1 Å². The molecule has 2 aromatic heterocycles. The van der Waals surface area contributed by atoms with Crippen molar-refractivity contribution in [3.63, 3.8) is 0 Å². The molecule has 0 aliphatic carbocycles. The molecule has 5 nitrogen and oxygen atoms in total. The number of hydrogen-bond donors (Lipinski definition) is 1. The van der Waals surface area contributed by atoms with Crippen molar-refractivity contribution in [2.45, 2.75) is 6.54 Å². The van der Waals surface area contributed by atoms with E-state index in [0.717, 1.165) is 0 Å². The highest BCUT2D eigenvalue weighted by atomic mass is 19.1. The number of nitrogen functional groups attached to an aromatic ring is 1. The Morgan fingerprint density at radius 2 is 2.19 bits per heavy atom. The minimum Gasteiger partial charge on any atom is -0.463 e. The summed E-state index contributed by atoms with van der Waals surface area (Å²) in [5.74, 6) is 0.350. The van der Waals surface area contributed by atoms with Crippen molar-refractivity contribution >= 4 is 12.1 Å². The molecular weight excluding hydrogens is 273 g/mol. The highest BCUT2D eigenvalue weighted by Crippen LogP contribution is 2.26. The number of carbonyl (C=O) groups excluding carboxylic acids is 1. The van der Waals surface area contributed by atoms with E-state index >= 15 is 0 Å². The molecule has 3 rings (SSSR count). The third-order valence-corrected chi connectivity index (χ3v) is 3.12. The highest BCUT2D eigenvalue weighted by Gasteiger charge is 2.18. The van der Waals surface area contributed by atoms with E-state index in [4.69, 9.17) is 10.2 Å². The number of halogens is 1. The second-order valence-electron chi connectivity index (χ2n) is 4.53. The number of carbonyl (C=O) groups is 1. The van der Waals surface area contributed by atoms with Crippen molar-refractivity contribution in [3.05, 3.63) is 59.6 Å². The first-order valence-corrected chi connectivity index (χ1v) is 6.29. The number of anilines is 1. The van der Waals surface area contributed by atoms with Crippen molar-refractivity contribution in [2.24, 2.45) is 0 Å². The first-order chi connectivity index (χ1) is 10.2. The van der Waals surface area contributed by atoms with Crippen molar-refractivity contribution < 1.29 is 13.6 Å². The van der Waals surface area contributed by atoms with Crippen LogP contribution >= 0.6 is 0 Å². The van der Waals surface area contributed by atoms with Gasteiger partial charge in [-0.25, -0.2) is 9.07 Å². The number of furan rings is 1. The van der Waals surface area contributed by atoms with Crippen LogP contribution in [0.25, 0.3) is 11.5 Å². The lowest BCUT2D eigenvalue weighted by Gasteiger charge is -2.04. The molecular formula is C15H12FN3O2. The van der Waals surface area contributed by atoms with Gasteiger partial charge in [0.2, 0.25) is 0 Å². The molecule has 0 aliphatic heterocycles. The van der Waals surface area contributed by atoms with E-state index in [1.54, 1.807) is 24.3 Å². The Morgan fingerprint density at radius 1 is 1.33 bits per heavy atom. The van der Waals surface area contributed by atoms with Gasteiger partial charge in [0, 0.05) is 0 Å². The van der Waals surface area contributed by atoms with E-state index in [9.17, 15) is 9.18 Å². The zero-order valence-corrected chi connectivity index (χ0v) is 11.0. The second-order valence-corrected chi connectivity index (χ2v) is 4.53. The predicted octanol–water partition coefficient (Wildman–Crippen LogP) is 2.73. The van der Waals surface area contributed by atoms with Gasteiger partial charge in [0.15, 0.2) is 12.0 Å². The summed E-state index contributed by atoms with van der Waals surface area (Å²) in [7, 11) is 0. The summed E-state index contributed by atoms with van der Waals surface area (Å²) in [5.41, 5.74) is 7.29. The normalized spacial score (nSPS) is 10.7. The van der Waals surface area contributed by atoms with E-state index in [-0.39, 0.29) is 23.7 Å². The van der Waals surface area contributed by atoms with Gasteiger partial charge >= 0.3 is 0 Å². The van der Waals surface area contributed by atoms with Gasteiger partial charge < -0.3 is 10.2 Å². The van der Waals surface area contributed by atoms with Crippen molar-refractivity contribution in [3.8, 4) is 11.5 Å². The molecule has 2 N–H and O–H groups in total. The maximum atomic E-state index is 13.2. The summed E-state index contributed by atoms with van der Waals surface area (Å²) in [6, 6.07) is 9.53. The van der Waals surface area contributed by atoms with Crippen LogP contribution in [-0.4, -0.2) is 16.1 Å². The number of aromatic nitrogens is 2. The number of aldehydes is 1. The van der Waals surface area contributed by atoms with Crippen LogP contribution in [0.1, 0.15) is 15.9 Å². The molecule has 1 aromatic carbocycles. The Kier molecular flexibility index (Phi) is 3.27. The van der Waals surface area contributed by atoms with Crippen molar-refractivity contribution in [1.82, 2.24) is 9.78 Å². The third kappa shape index (κ3) is 2.43. The van der Waals surface area contributed by atoms with Crippen LogP contribution in [0.3, 0.4) is 0 Å². The number of nitrogens with two attached hydrogens (primary N) is 1. The molecule has 0 radical (unpaired) electrons. The second kappa shape index (κ2) is 5.24. The number of hydrogen-bond acceptors (Lipinski definition) is 4. The Morgan fingerprint density at radius 3 is 2.86 bits per heavy atom. The first kappa shape index (κ1) is 13.1. The molecule has 0 saturated heterocycles. The van der Waals surface area contributed by atoms with Gasteiger partial charge in [-0.3, -0.25) is 4.79 Å². The average molecular weight is 285 g/mol. The van der Waals surface area contributed by atoms with Crippen LogP contribution in [0.15, 0.2) is 47.1 Å². The summed E-state index contributed by atoms with van der Waals surface area (Å²) in [6.45, 7) is 0.269. The Balaban J connectivity index is 2.02. The van der Waals surface area contributed by atoms with Crippen LogP contribution in [0.5, 0.6) is 0 Å². The van der Waals surface area contributed by atoms with E-state index in [1.165, 1.54) is 23.1 Å². The van der Waals surface area contributed by atoms with Gasteiger partial charge in [-0.2, -0.15) is 5.10 Å². The molecule has 0 unspecified atom stereocenters. The summed E-state index contributed by atoms with van der Waals surface area (Å²) in [4.78, 5) is 11.2. The SMILES string of the molecule is Nc1c(C=O)c(-c2ccco2)nn1Cc1cccc(F)c1. The van der Waals surface area contributed by atoms with Crippen LogP contribution in [0, 0.1) is 5.82 Å². The highest BCUT2D eigenvalue weighted by molar-refractivity contribution is 5.90. The zero-order valence-electron chi connectivity index (χ0n) is 11.0. The first-order valence-electron chi connectivity index (χ1n) is 6.29. The Bertz CT molecular complexity index is 778. The fraction of sp³-hybridized carbons (Fsp3) is 0.0667.